The smallest absolute Gasteiger partial charge is 0.258 e. The van der Waals surface area contributed by atoms with Crippen molar-refractivity contribution in [3.8, 4) is 5.75 Å². The Morgan fingerprint density at radius 3 is 2.48 bits per heavy atom. The summed E-state index contributed by atoms with van der Waals surface area (Å²) in [4.78, 5) is 14.5. The SMILES string of the molecule is CCN(CC)CCNCc1ccc(Br)cc1OCC(=O)NCc1ccccc1.Cl. The summed E-state index contributed by atoms with van der Waals surface area (Å²) in [6, 6.07) is 15.8. The lowest BCUT2D eigenvalue weighted by Gasteiger charge is -2.18. The zero-order chi connectivity index (χ0) is 20.2. The standard InChI is InChI=1S/C22H30BrN3O2.ClH/c1-3-26(4-2)13-12-24-16-19-10-11-20(23)14-21(19)28-17-22(27)25-15-18-8-6-5-7-9-18;/h5-11,14,24H,3-4,12-13,15-17H2,1-2H3,(H,25,27);1H. The van der Waals surface area contributed by atoms with Crippen LogP contribution in [0, 0.1) is 0 Å². The number of rotatable bonds is 12. The van der Waals surface area contributed by atoms with Gasteiger partial charge in [-0.15, -0.1) is 12.4 Å². The van der Waals surface area contributed by atoms with E-state index in [1.165, 1.54) is 0 Å². The predicted molar refractivity (Wildman–Crippen MR) is 125 cm³/mol. The summed E-state index contributed by atoms with van der Waals surface area (Å²) in [5.74, 6) is 0.587. The van der Waals surface area contributed by atoms with Crippen LogP contribution >= 0.6 is 28.3 Å². The first kappa shape index (κ1) is 25.4. The lowest BCUT2D eigenvalue weighted by Crippen LogP contribution is -2.32. The Hall–Kier alpha value is -1.60. The van der Waals surface area contributed by atoms with Gasteiger partial charge in [0.2, 0.25) is 0 Å². The maximum absolute atomic E-state index is 12.1. The Bertz CT molecular complexity index is 727. The number of likely N-dealkylation sites (N-methyl/N-ethyl adjacent to an activating group) is 1. The molecule has 2 rings (SSSR count). The second-order valence-electron chi connectivity index (χ2n) is 6.51. The maximum atomic E-state index is 12.1. The third kappa shape index (κ3) is 9.63. The normalized spacial score (nSPS) is 10.5. The van der Waals surface area contributed by atoms with Crippen molar-refractivity contribution in [2.45, 2.75) is 26.9 Å². The van der Waals surface area contributed by atoms with E-state index in [4.69, 9.17) is 4.74 Å². The fourth-order valence-electron chi connectivity index (χ4n) is 2.80. The van der Waals surface area contributed by atoms with E-state index in [2.05, 4.69) is 45.3 Å². The zero-order valence-electron chi connectivity index (χ0n) is 17.1. The first-order valence-corrected chi connectivity index (χ1v) is 10.6. The van der Waals surface area contributed by atoms with Gasteiger partial charge in [-0.2, -0.15) is 0 Å². The molecule has 0 heterocycles. The van der Waals surface area contributed by atoms with E-state index in [0.29, 0.717) is 13.1 Å². The Balaban J connectivity index is 0.00000420. The number of carbonyl (C=O) groups is 1. The Kier molecular flexibility index (Phi) is 12.6. The Morgan fingerprint density at radius 2 is 1.79 bits per heavy atom. The van der Waals surface area contributed by atoms with E-state index in [1.807, 2.05) is 48.5 Å². The highest BCUT2D eigenvalue weighted by Crippen LogP contribution is 2.23. The first-order valence-electron chi connectivity index (χ1n) is 9.77. The second kappa shape index (κ2) is 14.4. The fraction of sp³-hybridized carbons (Fsp3) is 0.409. The van der Waals surface area contributed by atoms with Gasteiger partial charge in [-0.3, -0.25) is 4.79 Å². The highest BCUT2D eigenvalue weighted by molar-refractivity contribution is 9.10. The van der Waals surface area contributed by atoms with Gasteiger partial charge in [0.15, 0.2) is 6.61 Å². The van der Waals surface area contributed by atoms with Crippen molar-refractivity contribution < 1.29 is 9.53 Å². The van der Waals surface area contributed by atoms with Crippen LogP contribution in [-0.2, 0) is 17.9 Å². The Morgan fingerprint density at radius 1 is 1.07 bits per heavy atom. The van der Waals surface area contributed by atoms with Gasteiger partial charge >= 0.3 is 0 Å². The summed E-state index contributed by atoms with van der Waals surface area (Å²) in [5, 5.41) is 6.34. The van der Waals surface area contributed by atoms with E-state index in [-0.39, 0.29) is 24.9 Å². The minimum absolute atomic E-state index is 0. The lowest BCUT2D eigenvalue weighted by atomic mass is 10.2. The molecule has 29 heavy (non-hydrogen) atoms. The van der Waals surface area contributed by atoms with Gasteiger partial charge in [0, 0.05) is 36.2 Å². The van der Waals surface area contributed by atoms with E-state index in [9.17, 15) is 4.79 Å². The quantitative estimate of drug-likeness (QED) is 0.447. The molecule has 0 radical (unpaired) electrons. The molecule has 2 aromatic carbocycles. The lowest BCUT2D eigenvalue weighted by molar-refractivity contribution is -0.123. The van der Waals surface area contributed by atoms with Crippen LogP contribution in [0.4, 0.5) is 0 Å². The summed E-state index contributed by atoms with van der Waals surface area (Å²) in [6.45, 7) is 9.59. The molecular formula is C22H31BrClN3O2. The number of nitrogens with one attached hydrogen (secondary N) is 2. The van der Waals surface area contributed by atoms with E-state index < -0.39 is 0 Å². The van der Waals surface area contributed by atoms with Gasteiger partial charge in [0.05, 0.1) is 0 Å². The summed E-state index contributed by atoms with van der Waals surface area (Å²) in [5.41, 5.74) is 2.11. The molecule has 1 amide bonds. The van der Waals surface area contributed by atoms with Crippen molar-refractivity contribution in [3.63, 3.8) is 0 Å². The van der Waals surface area contributed by atoms with Crippen molar-refractivity contribution in [1.82, 2.24) is 15.5 Å². The van der Waals surface area contributed by atoms with Crippen LogP contribution in [0.1, 0.15) is 25.0 Å². The van der Waals surface area contributed by atoms with Gasteiger partial charge in [0.1, 0.15) is 5.75 Å². The van der Waals surface area contributed by atoms with Gasteiger partial charge in [-0.05, 0) is 30.8 Å². The number of benzene rings is 2. The summed E-state index contributed by atoms with van der Waals surface area (Å²) in [6.07, 6.45) is 0. The number of carbonyl (C=O) groups excluding carboxylic acids is 1. The number of ether oxygens (including phenoxy) is 1. The van der Waals surface area contributed by atoms with Crippen LogP contribution < -0.4 is 15.4 Å². The zero-order valence-corrected chi connectivity index (χ0v) is 19.5. The Labute approximate surface area is 188 Å². The maximum Gasteiger partial charge on any atom is 0.258 e. The second-order valence-corrected chi connectivity index (χ2v) is 7.42. The molecule has 0 aliphatic rings. The van der Waals surface area contributed by atoms with Gasteiger partial charge < -0.3 is 20.3 Å². The molecule has 0 fully saturated rings. The number of amides is 1. The number of hydrogen-bond donors (Lipinski definition) is 2. The topological polar surface area (TPSA) is 53.6 Å². The van der Waals surface area contributed by atoms with Crippen LogP contribution in [0.5, 0.6) is 5.75 Å². The molecule has 5 nitrogen and oxygen atoms in total. The summed E-state index contributed by atoms with van der Waals surface area (Å²) >= 11 is 3.48. The molecule has 0 saturated carbocycles. The van der Waals surface area contributed by atoms with Crippen LogP contribution in [0.2, 0.25) is 0 Å². The fourth-order valence-corrected chi connectivity index (χ4v) is 3.14. The first-order chi connectivity index (χ1) is 13.6. The average Bonchev–Trinajstić information content (AvgIpc) is 2.72. The largest absolute Gasteiger partial charge is 0.483 e. The van der Waals surface area contributed by atoms with Crippen molar-refractivity contribution in [1.29, 1.82) is 0 Å². The molecule has 0 aliphatic heterocycles. The highest BCUT2D eigenvalue weighted by Gasteiger charge is 2.08. The minimum Gasteiger partial charge on any atom is -0.483 e. The van der Waals surface area contributed by atoms with Crippen molar-refractivity contribution in [2.75, 3.05) is 32.8 Å². The number of hydrogen-bond acceptors (Lipinski definition) is 4. The van der Waals surface area contributed by atoms with Gasteiger partial charge in [-0.25, -0.2) is 0 Å². The molecule has 2 N–H and O–H groups in total. The summed E-state index contributed by atoms with van der Waals surface area (Å²) in [7, 11) is 0. The monoisotopic (exact) mass is 483 g/mol. The molecule has 160 valence electrons. The predicted octanol–water partition coefficient (Wildman–Crippen LogP) is 4.00. The molecule has 0 saturated heterocycles. The number of halogens is 2. The molecule has 0 spiro atoms. The molecule has 0 aliphatic carbocycles. The molecule has 0 unspecified atom stereocenters. The van der Waals surface area contributed by atoms with Crippen LogP contribution in [0.25, 0.3) is 0 Å². The molecule has 0 aromatic heterocycles. The molecule has 0 bridgehead atoms. The molecule has 7 heteroatoms. The minimum atomic E-state index is -0.135. The van der Waals surface area contributed by atoms with Crippen molar-refractivity contribution in [2.24, 2.45) is 0 Å². The van der Waals surface area contributed by atoms with Gasteiger partial charge in [0.25, 0.3) is 5.91 Å². The summed E-state index contributed by atoms with van der Waals surface area (Å²) < 4.78 is 6.73. The third-order valence-electron chi connectivity index (χ3n) is 4.54. The van der Waals surface area contributed by atoms with Crippen LogP contribution in [-0.4, -0.2) is 43.6 Å². The van der Waals surface area contributed by atoms with Gasteiger partial charge in [-0.1, -0.05) is 66.2 Å². The highest BCUT2D eigenvalue weighted by atomic mass is 79.9. The third-order valence-corrected chi connectivity index (χ3v) is 5.03. The molecular weight excluding hydrogens is 454 g/mol. The van der Waals surface area contributed by atoms with E-state index in [1.54, 1.807) is 0 Å². The van der Waals surface area contributed by atoms with Crippen LogP contribution in [0.15, 0.2) is 53.0 Å². The number of nitrogens with zero attached hydrogens (tertiary/aromatic N) is 1. The van der Waals surface area contributed by atoms with E-state index >= 15 is 0 Å². The van der Waals surface area contributed by atoms with E-state index in [0.717, 1.165) is 47.5 Å². The molecule has 0 atom stereocenters. The van der Waals surface area contributed by atoms with Crippen molar-refractivity contribution in [3.05, 3.63) is 64.1 Å². The van der Waals surface area contributed by atoms with Crippen molar-refractivity contribution >= 4 is 34.2 Å². The molecule has 2 aromatic rings. The average molecular weight is 485 g/mol. The van der Waals surface area contributed by atoms with Crippen LogP contribution in [0.3, 0.4) is 0 Å².